The fraction of sp³-hybridized carbons (Fsp3) is 0.636. The Bertz CT molecular complexity index is 969. The van der Waals surface area contributed by atoms with Gasteiger partial charge in [-0.15, -0.1) is 0 Å². The smallest absolute Gasteiger partial charge is 0.433 e. The van der Waals surface area contributed by atoms with Crippen molar-refractivity contribution in [2.75, 3.05) is 6.54 Å². The van der Waals surface area contributed by atoms with Gasteiger partial charge in [0.15, 0.2) is 0 Å². The van der Waals surface area contributed by atoms with Gasteiger partial charge in [0.25, 0.3) is 5.91 Å². The zero-order chi connectivity index (χ0) is 26.3. The van der Waals surface area contributed by atoms with Crippen LogP contribution in [-0.4, -0.2) is 51.5 Å². The third kappa shape index (κ3) is 6.15. The van der Waals surface area contributed by atoms with Gasteiger partial charge in [0.1, 0.15) is 22.5 Å². The molecule has 0 saturated carbocycles. The lowest BCUT2D eigenvalue weighted by Crippen LogP contribution is -2.65. The molecule has 34 heavy (non-hydrogen) atoms. The van der Waals surface area contributed by atoms with Crippen molar-refractivity contribution in [1.82, 2.24) is 15.2 Å². The molecule has 1 aliphatic heterocycles. The number of ether oxygens (including phenoxy) is 1. The van der Waals surface area contributed by atoms with E-state index in [1.54, 1.807) is 27.7 Å². The number of nitrogens with two attached hydrogens (primary N) is 1. The number of halogens is 4. The maximum absolute atomic E-state index is 14.7. The molecule has 2 heterocycles. The van der Waals surface area contributed by atoms with Gasteiger partial charge in [-0.1, -0.05) is 0 Å². The molecule has 0 unspecified atom stereocenters. The number of aromatic nitrogens is 1. The van der Waals surface area contributed by atoms with Crippen LogP contribution in [0.5, 0.6) is 0 Å². The summed E-state index contributed by atoms with van der Waals surface area (Å²) in [4.78, 5) is 42.7. The number of rotatable bonds is 4. The van der Waals surface area contributed by atoms with E-state index in [0.717, 1.165) is 19.9 Å². The number of nitrogens with zero attached hydrogens (tertiary/aromatic N) is 2. The Hall–Kier alpha value is -2.92. The van der Waals surface area contributed by atoms with Crippen LogP contribution in [0.3, 0.4) is 0 Å². The van der Waals surface area contributed by atoms with Crippen molar-refractivity contribution in [3.8, 4) is 0 Å². The highest BCUT2D eigenvalue weighted by Gasteiger charge is 2.47. The Morgan fingerprint density at radius 1 is 1.15 bits per heavy atom. The second-order valence-corrected chi connectivity index (χ2v) is 9.94. The lowest BCUT2D eigenvalue weighted by Gasteiger charge is -2.44. The normalized spacial score (nSPS) is 21.7. The van der Waals surface area contributed by atoms with E-state index in [-0.39, 0.29) is 19.4 Å². The first-order valence-corrected chi connectivity index (χ1v) is 10.7. The van der Waals surface area contributed by atoms with Gasteiger partial charge in [-0.2, -0.15) is 13.2 Å². The van der Waals surface area contributed by atoms with Crippen LogP contribution >= 0.6 is 0 Å². The summed E-state index contributed by atoms with van der Waals surface area (Å²) >= 11 is 0. The van der Waals surface area contributed by atoms with Crippen molar-refractivity contribution in [2.45, 2.75) is 83.4 Å². The van der Waals surface area contributed by atoms with Crippen LogP contribution in [0.2, 0.25) is 0 Å². The zero-order valence-electron chi connectivity index (χ0n) is 20.0. The second-order valence-electron chi connectivity index (χ2n) is 9.94. The molecule has 1 saturated heterocycles. The van der Waals surface area contributed by atoms with E-state index < -0.39 is 63.9 Å². The second kappa shape index (κ2) is 9.03. The van der Waals surface area contributed by atoms with Crippen molar-refractivity contribution < 1.29 is 36.7 Å². The molecule has 3 amide bonds. The molecule has 2 atom stereocenters. The van der Waals surface area contributed by atoms with Gasteiger partial charge in [0.05, 0.1) is 11.3 Å². The molecule has 0 spiro atoms. The Morgan fingerprint density at radius 3 is 2.18 bits per heavy atom. The van der Waals surface area contributed by atoms with Crippen molar-refractivity contribution in [1.29, 1.82) is 0 Å². The van der Waals surface area contributed by atoms with Crippen LogP contribution in [-0.2, 0) is 21.4 Å². The molecule has 1 fully saturated rings. The molecule has 1 aromatic rings. The summed E-state index contributed by atoms with van der Waals surface area (Å²) in [6, 6.07) is 0.809. The topological polar surface area (TPSA) is 115 Å². The predicted molar refractivity (Wildman–Crippen MR) is 114 cm³/mol. The van der Waals surface area contributed by atoms with Crippen molar-refractivity contribution in [3.05, 3.63) is 29.1 Å². The van der Waals surface area contributed by atoms with Crippen LogP contribution < -0.4 is 11.1 Å². The molecule has 12 heteroatoms. The summed E-state index contributed by atoms with van der Waals surface area (Å²) in [7, 11) is 0. The van der Waals surface area contributed by atoms with E-state index in [9.17, 15) is 31.9 Å². The fourth-order valence-corrected chi connectivity index (χ4v) is 3.78. The van der Waals surface area contributed by atoms with Crippen LogP contribution in [0, 0.1) is 0 Å². The summed E-state index contributed by atoms with van der Waals surface area (Å²) in [5, 5.41) is 2.48. The van der Waals surface area contributed by atoms with Crippen LogP contribution in [0.15, 0.2) is 12.1 Å². The summed E-state index contributed by atoms with van der Waals surface area (Å²) in [5.41, 5.74) is -1.68. The Morgan fingerprint density at radius 2 is 1.74 bits per heavy atom. The highest BCUT2D eigenvalue weighted by molar-refractivity contribution is 6.00. The van der Waals surface area contributed by atoms with E-state index >= 15 is 0 Å². The molecular formula is C22H30F4N4O4. The first-order valence-electron chi connectivity index (χ1n) is 10.7. The van der Waals surface area contributed by atoms with E-state index in [2.05, 4.69) is 10.3 Å². The van der Waals surface area contributed by atoms with Gasteiger partial charge < -0.3 is 20.7 Å². The number of nitrogens with one attached hydrogen (secondary N) is 1. The molecule has 0 aromatic carbocycles. The Kier molecular flexibility index (Phi) is 7.26. The molecule has 1 aromatic heterocycles. The third-order valence-electron chi connectivity index (χ3n) is 5.40. The summed E-state index contributed by atoms with van der Waals surface area (Å²) in [6.07, 6.45) is -5.58. The first kappa shape index (κ1) is 27.3. The highest BCUT2D eigenvalue weighted by atomic mass is 19.4. The van der Waals surface area contributed by atoms with Gasteiger partial charge in [0.2, 0.25) is 5.91 Å². The number of hydrogen-bond donors (Lipinski definition) is 2. The number of hydrogen-bond acceptors (Lipinski definition) is 5. The SMILES string of the molecule is C[C@H]1C[C@@](NC(=O)c2ccc(C(F)(F)F)nc2C(C)(C)F)(C(N)=O)CCN1C(=O)OC(C)(C)C. The summed E-state index contributed by atoms with van der Waals surface area (Å²) in [5.74, 6) is -1.89. The molecule has 1 aliphatic rings. The Balaban J connectivity index is 2.35. The minimum absolute atomic E-state index is 0.0199. The molecule has 2 rings (SSSR count). The summed E-state index contributed by atoms with van der Waals surface area (Å²) < 4.78 is 59.3. The van der Waals surface area contributed by atoms with E-state index in [0.29, 0.717) is 6.07 Å². The molecule has 0 bridgehead atoms. The Labute approximate surface area is 195 Å². The van der Waals surface area contributed by atoms with E-state index in [1.165, 1.54) is 4.90 Å². The standard InChI is InChI=1S/C22H30F4N4O4/c1-12-11-21(17(27)32,9-10-30(12)18(33)34-19(2,3)4)29-16(31)13-7-8-14(22(24,25)26)28-15(13)20(5,6)23/h7-8,12H,9-11H2,1-6H3,(H2,27,32)(H,29,31)/t12-,21+/m0/s1. The van der Waals surface area contributed by atoms with Gasteiger partial charge in [0, 0.05) is 12.6 Å². The maximum atomic E-state index is 14.7. The lowest BCUT2D eigenvalue weighted by atomic mass is 9.82. The molecule has 0 radical (unpaired) electrons. The van der Waals surface area contributed by atoms with Crippen molar-refractivity contribution >= 4 is 17.9 Å². The lowest BCUT2D eigenvalue weighted by molar-refractivity contribution is -0.141. The minimum atomic E-state index is -4.84. The number of alkyl halides is 4. The van der Waals surface area contributed by atoms with E-state index in [1.807, 2.05) is 0 Å². The average molecular weight is 490 g/mol. The highest BCUT2D eigenvalue weighted by Crippen LogP contribution is 2.34. The maximum Gasteiger partial charge on any atom is 0.433 e. The van der Waals surface area contributed by atoms with Crippen LogP contribution in [0.4, 0.5) is 22.4 Å². The average Bonchev–Trinajstić information content (AvgIpc) is 2.64. The third-order valence-corrected chi connectivity index (χ3v) is 5.40. The number of carbonyl (C=O) groups is 3. The zero-order valence-corrected chi connectivity index (χ0v) is 20.0. The largest absolute Gasteiger partial charge is 0.444 e. The number of piperidine rings is 1. The number of pyridine rings is 1. The monoisotopic (exact) mass is 490 g/mol. The molecule has 8 nitrogen and oxygen atoms in total. The molecular weight excluding hydrogens is 460 g/mol. The van der Waals surface area contributed by atoms with Crippen molar-refractivity contribution in [2.24, 2.45) is 5.73 Å². The molecule has 0 aliphatic carbocycles. The van der Waals surface area contributed by atoms with Crippen LogP contribution in [0.25, 0.3) is 0 Å². The van der Waals surface area contributed by atoms with E-state index in [4.69, 9.17) is 10.5 Å². The summed E-state index contributed by atoms with van der Waals surface area (Å²) in [6.45, 7) is 8.71. The fourth-order valence-electron chi connectivity index (χ4n) is 3.78. The first-order chi connectivity index (χ1) is 15.3. The number of amides is 3. The minimum Gasteiger partial charge on any atom is -0.444 e. The van der Waals surface area contributed by atoms with Crippen LogP contribution in [0.1, 0.15) is 76.1 Å². The number of carbonyl (C=O) groups excluding carboxylic acids is 3. The number of likely N-dealkylation sites (tertiary alicyclic amines) is 1. The predicted octanol–water partition coefficient (Wildman–Crippen LogP) is 3.68. The molecule has 190 valence electrons. The van der Waals surface area contributed by atoms with Crippen molar-refractivity contribution in [3.63, 3.8) is 0 Å². The van der Waals surface area contributed by atoms with Gasteiger partial charge in [-0.3, -0.25) is 9.59 Å². The quantitative estimate of drug-likeness (QED) is 0.625. The molecule has 3 N–H and O–H groups in total. The van der Waals surface area contributed by atoms with Gasteiger partial charge in [-0.25, -0.2) is 14.2 Å². The van der Waals surface area contributed by atoms with Gasteiger partial charge >= 0.3 is 12.3 Å². The van der Waals surface area contributed by atoms with Gasteiger partial charge in [-0.05, 0) is 66.5 Å². The number of primary amides is 1.